The van der Waals surface area contributed by atoms with Gasteiger partial charge >= 0.3 is 5.97 Å². The second-order valence-electron chi connectivity index (χ2n) is 2.22. The van der Waals surface area contributed by atoms with Crippen molar-refractivity contribution in [3.63, 3.8) is 0 Å². The zero-order chi connectivity index (χ0) is 9.30. The van der Waals surface area contributed by atoms with E-state index in [9.17, 15) is 4.79 Å². The lowest BCUT2D eigenvalue weighted by molar-refractivity contribution is -0.132. The first-order valence-electron chi connectivity index (χ1n) is 3.04. The highest BCUT2D eigenvalue weighted by Gasteiger charge is 2.19. The summed E-state index contributed by atoms with van der Waals surface area (Å²) in [7, 11) is 0. The minimum absolute atomic E-state index is 0.195. The molecule has 0 aromatic heterocycles. The van der Waals surface area contributed by atoms with E-state index < -0.39 is 5.97 Å². The van der Waals surface area contributed by atoms with Gasteiger partial charge in [-0.3, -0.25) is 0 Å². The van der Waals surface area contributed by atoms with E-state index in [0.717, 1.165) is 8.96 Å². The Morgan fingerprint density at radius 1 is 1.58 bits per heavy atom. The molecule has 0 spiro atoms. The predicted molar refractivity (Wildman–Crippen MR) is 57.8 cm³/mol. The number of carboxylic acid groups (broad SMARTS) is 1. The summed E-state index contributed by atoms with van der Waals surface area (Å²) < 4.78 is 1.63. The summed E-state index contributed by atoms with van der Waals surface area (Å²) in [4.78, 5) is 11.1. The molecular formula is C7H4Br2O2S. The third-order valence-electron chi connectivity index (χ3n) is 1.38. The number of allylic oxidation sites excluding steroid dienone is 3. The van der Waals surface area contributed by atoms with Crippen molar-refractivity contribution in [2.75, 3.05) is 0 Å². The van der Waals surface area contributed by atoms with Crippen LogP contribution in [0.3, 0.4) is 0 Å². The third kappa shape index (κ3) is 2.02. The monoisotopic (exact) mass is 310 g/mol. The van der Waals surface area contributed by atoms with Gasteiger partial charge in [-0.05, 0) is 22.0 Å². The lowest BCUT2D eigenvalue weighted by atomic mass is 10.1. The maximum absolute atomic E-state index is 10.6. The number of rotatable bonds is 1. The van der Waals surface area contributed by atoms with Crippen molar-refractivity contribution in [1.82, 2.24) is 0 Å². The molecule has 0 aromatic rings. The molecule has 64 valence electrons. The van der Waals surface area contributed by atoms with Crippen LogP contribution in [0.1, 0.15) is 6.42 Å². The highest BCUT2D eigenvalue weighted by atomic mass is 79.9. The number of hydrogen-bond acceptors (Lipinski definition) is 2. The summed E-state index contributed by atoms with van der Waals surface area (Å²) in [5, 5.41) is 8.70. The van der Waals surface area contributed by atoms with Gasteiger partial charge in [-0.15, -0.1) is 0 Å². The average molecular weight is 312 g/mol. The highest BCUT2D eigenvalue weighted by molar-refractivity contribution is 9.14. The molecule has 0 bridgehead atoms. The van der Waals surface area contributed by atoms with Crippen LogP contribution in [-0.4, -0.2) is 15.9 Å². The quantitative estimate of drug-likeness (QED) is 0.757. The summed E-state index contributed by atoms with van der Waals surface area (Å²) in [6.45, 7) is 0. The van der Waals surface area contributed by atoms with Crippen molar-refractivity contribution in [3.05, 3.63) is 20.6 Å². The Balaban J connectivity index is 3.09. The van der Waals surface area contributed by atoms with Crippen molar-refractivity contribution < 1.29 is 9.90 Å². The van der Waals surface area contributed by atoms with Gasteiger partial charge in [-0.2, -0.15) is 0 Å². The lowest BCUT2D eigenvalue weighted by Crippen LogP contribution is -2.13. The lowest BCUT2D eigenvalue weighted by Gasteiger charge is -2.11. The summed E-state index contributed by atoms with van der Waals surface area (Å²) in [6, 6.07) is 0. The van der Waals surface area contributed by atoms with Gasteiger partial charge < -0.3 is 5.11 Å². The molecule has 0 fully saturated rings. The number of carboxylic acids is 1. The Morgan fingerprint density at radius 3 is 2.67 bits per heavy atom. The molecule has 1 N–H and O–H groups in total. The smallest absolute Gasteiger partial charge is 0.336 e. The fraction of sp³-hybridized carbons (Fsp3) is 0.143. The van der Waals surface area contributed by atoms with Gasteiger partial charge in [0.05, 0.1) is 5.57 Å². The molecule has 12 heavy (non-hydrogen) atoms. The number of aliphatic carboxylic acids is 1. The van der Waals surface area contributed by atoms with E-state index in [1.165, 1.54) is 6.08 Å². The van der Waals surface area contributed by atoms with Gasteiger partial charge in [0.25, 0.3) is 0 Å². The van der Waals surface area contributed by atoms with Gasteiger partial charge in [-0.1, -0.05) is 28.1 Å². The molecule has 0 atom stereocenters. The summed E-state index contributed by atoms with van der Waals surface area (Å²) in [5.74, 6) is -0.975. The van der Waals surface area contributed by atoms with Crippen LogP contribution >= 0.6 is 44.1 Å². The molecule has 0 aliphatic heterocycles. The molecule has 0 saturated carbocycles. The topological polar surface area (TPSA) is 37.3 Å². The molecule has 5 heteroatoms. The van der Waals surface area contributed by atoms with Gasteiger partial charge in [-0.25, -0.2) is 4.79 Å². The van der Waals surface area contributed by atoms with Crippen LogP contribution in [0.15, 0.2) is 20.6 Å². The standard InChI is InChI=1S/C7H4Br2O2S/c8-4-1-3(7(10)11)6(12)2-5(4)9/h1H,2H2,(H,10,11). The van der Waals surface area contributed by atoms with Crippen LogP contribution < -0.4 is 0 Å². The van der Waals surface area contributed by atoms with Gasteiger partial charge in [0.15, 0.2) is 0 Å². The average Bonchev–Trinajstić information content (AvgIpc) is 1.96. The summed E-state index contributed by atoms with van der Waals surface area (Å²) in [6.07, 6.45) is 1.99. The fourth-order valence-corrected chi connectivity index (χ4v) is 2.03. The van der Waals surface area contributed by atoms with E-state index >= 15 is 0 Å². The van der Waals surface area contributed by atoms with E-state index in [0.29, 0.717) is 11.3 Å². The van der Waals surface area contributed by atoms with Crippen molar-refractivity contribution in [2.45, 2.75) is 6.42 Å². The van der Waals surface area contributed by atoms with Gasteiger partial charge in [0, 0.05) is 20.3 Å². The van der Waals surface area contributed by atoms with Crippen molar-refractivity contribution in [1.29, 1.82) is 0 Å². The van der Waals surface area contributed by atoms with E-state index in [2.05, 4.69) is 31.9 Å². The second kappa shape index (κ2) is 3.81. The first-order chi connectivity index (χ1) is 5.52. The summed E-state index contributed by atoms with van der Waals surface area (Å²) in [5.41, 5.74) is 0.195. The first kappa shape index (κ1) is 10.1. The Morgan fingerprint density at radius 2 is 2.17 bits per heavy atom. The number of hydrogen-bond donors (Lipinski definition) is 1. The first-order valence-corrected chi connectivity index (χ1v) is 5.04. The van der Waals surface area contributed by atoms with Crippen LogP contribution in [0, 0.1) is 0 Å². The molecule has 1 aliphatic rings. The normalized spacial score (nSPS) is 17.8. The van der Waals surface area contributed by atoms with E-state index in [1.54, 1.807) is 0 Å². The minimum Gasteiger partial charge on any atom is -0.478 e. The Labute approximate surface area is 91.6 Å². The molecule has 0 aromatic carbocycles. The third-order valence-corrected chi connectivity index (χ3v) is 3.69. The molecule has 0 heterocycles. The van der Waals surface area contributed by atoms with Crippen LogP contribution in [0.4, 0.5) is 0 Å². The molecule has 2 nitrogen and oxygen atoms in total. The fourth-order valence-electron chi connectivity index (χ4n) is 0.787. The molecule has 0 unspecified atom stereocenters. The molecule has 0 saturated heterocycles. The van der Waals surface area contributed by atoms with Crippen LogP contribution in [0.5, 0.6) is 0 Å². The molecule has 0 amide bonds. The predicted octanol–water partition coefficient (Wildman–Crippen LogP) is 2.77. The maximum Gasteiger partial charge on any atom is 0.336 e. The molecule has 1 aliphatic carbocycles. The minimum atomic E-state index is -0.975. The summed E-state index contributed by atoms with van der Waals surface area (Å²) >= 11 is 11.4. The molecular weight excluding hydrogens is 308 g/mol. The van der Waals surface area contributed by atoms with Crippen LogP contribution in [0.2, 0.25) is 0 Å². The van der Waals surface area contributed by atoms with E-state index in [1.807, 2.05) is 0 Å². The van der Waals surface area contributed by atoms with Crippen molar-refractivity contribution in [3.8, 4) is 0 Å². The van der Waals surface area contributed by atoms with Crippen molar-refractivity contribution in [2.24, 2.45) is 0 Å². The number of carbonyl (C=O) groups is 1. The Kier molecular flexibility index (Phi) is 3.20. The van der Waals surface area contributed by atoms with Crippen LogP contribution in [-0.2, 0) is 4.79 Å². The number of thiocarbonyl (C=S) groups is 1. The van der Waals surface area contributed by atoms with Gasteiger partial charge in [0.1, 0.15) is 0 Å². The largest absolute Gasteiger partial charge is 0.478 e. The second-order valence-corrected chi connectivity index (χ2v) is 4.52. The Bertz CT molecular complexity index is 317. The number of halogens is 2. The van der Waals surface area contributed by atoms with E-state index in [-0.39, 0.29) is 5.57 Å². The molecule has 0 radical (unpaired) electrons. The van der Waals surface area contributed by atoms with Crippen molar-refractivity contribution >= 4 is 54.9 Å². The maximum atomic E-state index is 10.6. The zero-order valence-electron chi connectivity index (χ0n) is 5.80. The highest BCUT2D eigenvalue weighted by Crippen LogP contribution is 2.30. The zero-order valence-corrected chi connectivity index (χ0v) is 9.79. The van der Waals surface area contributed by atoms with E-state index in [4.69, 9.17) is 17.3 Å². The Hall–Kier alpha value is -0.0000000000000000833. The van der Waals surface area contributed by atoms with Crippen LogP contribution in [0.25, 0.3) is 0 Å². The van der Waals surface area contributed by atoms with Gasteiger partial charge in [0.2, 0.25) is 0 Å². The SMILES string of the molecule is O=C(O)C1=CC(Br)=C(Br)CC1=S. The molecule has 1 rings (SSSR count).